The first-order valence-corrected chi connectivity index (χ1v) is 5.69. The minimum Gasteiger partial charge on any atom is -0.326 e. The molecule has 0 heterocycles. The number of hydrogen-bond acceptors (Lipinski definition) is 3. The molecule has 0 aromatic heterocycles. The number of hydrogen-bond donors (Lipinski definition) is 1. The van der Waals surface area contributed by atoms with Crippen molar-refractivity contribution in [1.29, 1.82) is 0 Å². The van der Waals surface area contributed by atoms with Crippen LogP contribution in [0.4, 0.5) is 11.4 Å². The largest absolute Gasteiger partial charge is 0.326 e. The maximum absolute atomic E-state index is 11.6. The average molecular weight is 234 g/mol. The molecule has 1 aliphatic carbocycles. The fourth-order valence-electron chi connectivity index (χ4n) is 1.87. The van der Waals surface area contributed by atoms with E-state index in [1.807, 2.05) is 0 Å². The number of carbonyl (C=O) groups is 1. The van der Waals surface area contributed by atoms with Crippen LogP contribution in [0.5, 0.6) is 0 Å². The highest BCUT2D eigenvalue weighted by Gasteiger charge is 2.20. The highest BCUT2D eigenvalue weighted by Crippen LogP contribution is 2.29. The van der Waals surface area contributed by atoms with Crippen molar-refractivity contribution in [3.8, 4) is 0 Å². The minimum absolute atomic E-state index is 0.00792. The summed E-state index contributed by atoms with van der Waals surface area (Å²) in [6.45, 7) is 0. The van der Waals surface area contributed by atoms with Gasteiger partial charge in [-0.1, -0.05) is 12.5 Å². The van der Waals surface area contributed by atoms with Gasteiger partial charge in [0.2, 0.25) is 5.91 Å². The highest BCUT2D eigenvalue weighted by atomic mass is 16.6. The summed E-state index contributed by atoms with van der Waals surface area (Å²) in [5.41, 5.74) is 0.481. The summed E-state index contributed by atoms with van der Waals surface area (Å²) in [7, 11) is 0. The molecule has 0 atom stereocenters. The van der Waals surface area contributed by atoms with Gasteiger partial charge >= 0.3 is 0 Å². The Morgan fingerprint density at radius 2 is 2.24 bits per heavy atom. The maximum atomic E-state index is 11.6. The first-order chi connectivity index (χ1) is 8.15. The SMILES string of the molecule is O=C(CC1CCC1)Nc1cccc([N+](=O)[O-])c1. The summed E-state index contributed by atoms with van der Waals surface area (Å²) in [6, 6.07) is 6.00. The van der Waals surface area contributed by atoms with Crippen molar-refractivity contribution in [2.24, 2.45) is 5.92 Å². The van der Waals surface area contributed by atoms with Crippen molar-refractivity contribution >= 4 is 17.3 Å². The van der Waals surface area contributed by atoms with Crippen molar-refractivity contribution < 1.29 is 9.72 Å². The molecule has 0 unspecified atom stereocenters. The lowest BCUT2D eigenvalue weighted by molar-refractivity contribution is -0.384. The van der Waals surface area contributed by atoms with Crippen LogP contribution in [0.1, 0.15) is 25.7 Å². The van der Waals surface area contributed by atoms with Gasteiger partial charge in [-0.3, -0.25) is 14.9 Å². The average Bonchev–Trinajstić information content (AvgIpc) is 2.24. The molecular formula is C12H14N2O3. The van der Waals surface area contributed by atoms with E-state index in [0.29, 0.717) is 18.0 Å². The van der Waals surface area contributed by atoms with Crippen LogP contribution in [0.2, 0.25) is 0 Å². The normalized spacial score (nSPS) is 15.1. The Hall–Kier alpha value is -1.91. The van der Waals surface area contributed by atoms with Crippen molar-refractivity contribution in [1.82, 2.24) is 0 Å². The maximum Gasteiger partial charge on any atom is 0.271 e. The van der Waals surface area contributed by atoms with Gasteiger partial charge in [-0.25, -0.2) is 0 Å². The third kappa shape index (κ3) is 3.03. The zero-order chi connectivity index (χ0) is 12.3. The molecule has 0 saturated heterocycles. The fraction of sp³-hybridized carbons (Fsp3) is 0.417. The Labute approximate surface area is 99.0 Å². The number of nitro groups is 1. The molecule has 90 valence electrons. The van der Waals surface area contributed by atoms with Crippen LogP contribution in [0.15, 0.2) is 24.3 Å². The summed E-state index contributed by atoms with van der Waals surface area (Å²) >= 11 is 0. The fourth-order valence-corrected chi connectivity index (χ4v) is 1.87. The number of nitrogens with zero attached hydrogens (tertiary/aromatic N) is 1. The van der Waals surface area contributed by atoms with Gasteiger partial charge in [0.1, 0.15) is 0 Å². The van der Waals surface area contributed by atoms with E-state index in [4.69, 9.17) is 0 Å². The van der Waals surface area contributed by atoms with Crippen molar-refractivity contribution in [3.05, 3.63) is 34.4 Å². The number of nitrogens with one attached hydrogen (secondary N) is 1. The van der Waals surface area contributed by atoms with E-state index in [0.717, 1.165) is 12.8 Å². The lowest BCUT2D eigenvalue weighted by Crippen LogP contribution is -2.20. The van der Waals surface area contributed by atoms with E-state index in [2.05, 4.69) is 5.32 Å². The molecule has 0 radical (unpaired) electrons. The van der Waals surface area contributed by atoms with E-state index < -0.39 is 4.92 Å². The summed E-state index contributed by atoms with van der Waals surface area (Å²) in [4.78, 5) is 21.7. The molecule has 1 aromatic rings. The number of benzene rings is 1. The van der Waals surface area contributed by atoms with Gasteiger partial charge in [0, 0.05) is 24.2 Å². The lowest BCUT2D eigenvalue weighted by atomic mass is 9.83. The Morgan fingerprint density at radius 1 is 1.47 bits per heavy atom. The van der Waals surface area contributed by atoms with E-state index in [-0.39, 0.29) is 11.6 Å². The standard InChI is InChI=1S/C12H14N2O3/c15-12(7-9-3-1-4-9)13-10-5-2-6-11(8-10)14(16)17/h2,5-6,8-9H,1,3-4,7H2,(H,13,15). The molecular weight excluding hydrogens is 220 g/mol. The first-order valence-electron chi connectivity index (χ1n) is 5.69. The molecule has 1 N–H and O–H groups in total. The number of rotatable bonds is 4. The molecule has 1 aliphatic rings. The molecule has 0 aliphatic heterocycles. The van der Waals surface area contributed by atoms with E-state index in [1.54, 1.807) is 12.1 Å². The van der Waals surface area contributed by atoms with E-state index in [9.17, 15) is 14.9 Å². The summed E-state index contributed by atoms with van der Waals surface area (Å²) in [6.07, 6.45) is 3.95. The van der Waals surface area contributed by atoms with Gasteiger partial charge in [0.25, 0.3) is 5.69 Å². The molecule has 0 bridgehead atoms. The van der Waals surface area contributed by atoms with Gasteiger partial charge in [-0.2, -0.15) is 0 Å². The summed E-state index contributed by atoms with van der Waals surface area (Å²) in [5, 5.41) is 13.3. The Bertz CT molecular complexity index is 441. The van der Waals surface area contributed by atoms with E-state index >= 15 is 0 Å². The highest BCUT2D eigenvalue weighted by molar-refractivity contribution is 5.91. The predicted octanol–water partition coefficient (Wildman–Crippen LogP) is 2.72. The van der Waals surface area contributed by atoms with E-state index in [1.165, 1.54) is 18.6 Å². The molecule has 2 rings (SSSR count). The molecule has 1 fully saturated rings. The molecule has 0 spiro atoms. The number of non-ortho nitro benzene ring substituents is 1. The lowest BCUT2D eigenvalue weighted by Gasteiger charge is -2.24. The molecule has 5 nitrogen and oxygen atoms in total. The van der Waals surface area contributed by atoms with Gasteiger partial charge in [-0.05, 0) is 24.8 Å². The number of carbonyl (C=O) groups excluding carboxylic acids is 1. The first kappa shape index (κ1) is 11.6. The Balaban J connectivity index is 1.95. The van der Waals surface area contributed by atoms with Crippen LogP contribution in [0.3, 0.4) is 0 Å². The molecule has 1 saturated carbocycles. The van der Waals surface area contributed by atoms with Gasteiger partial charge in [-0.15, -0.1) is 0 Å². The topological polar surface area (TPSA) is 72.2 Å². The molecule has 5 heteroatoms. The van der Waals surface area contributed by atoms with Crippen LogP contribution in [-0.4, -0.2) is 10.8 Å². The Kier molecular flexibility index (Phi) is 3.37. The number of nitro benzene ring substituents is 1. The third-order valence-corrected chi connectivity index (χ3v) is 3.04. The number of amides is 1. The quantitative estimate of drug-likeness (QED) is 0.643. The predicted molar refractivity (Wildman–Crippen MR) is 63.7 cm³/mol. The Morgan fingerprint density at radius 3 is 2.82 bits per heavy atom. The van der Waals surface area contributed by atoms with Gasteiger partial charge in [0.15, 0.2) is 0 Å². The van der Waals surface area contributed by atoms with Gasteiger partial charge < -0.3 is 5.32 Å². The molecule has 1 amide bonds. The zero-order valence-corrected chi connectivity index (χ0v) is 9.39. The minimum atomic E-state index is -0.471. The zero-order valence-electron chi connectivity index (χ0n) is 9.39. The molecule has 1 aromatic carbocycles. The second-order valence-electron chi connectivity index (χ2n) is 4.36. The van der Waals surface area contributed by atoms with Gasteiger partial charge in [0.05, 0.1) is 4.92 Å². The van der Waals surface area contributed by atoms with Crippen LogP contribution in [-0.2, 0) is 4.79 Å². The van der Waals surface area contributed by atoms with Crippen LogP contribution < -0.4 is 5.32 Å². The van der Waals surface area contributed by atoms with Crippen molar-refractivity contribution in [2.45, 2.75) is 25.7 Å². The molecule has 17 heavy (non-hydrogen) atoms. The number of anilines is 1. The van der Waals surface area contributed by atoms with Crippen molar-refractivity contribution in [3.63, 3.8) is 0 Å². The smallest absolute Gasteiger partial charge is 0.271 e. The second-order valence-corrected chi connectivity index (χ2v) is 4.36. The van der Waals surface area contributed by atoms with Crippen LogP contribution in [0.25, 0.3) is 0 Å². The summed E-state index contributed by atoms with van der Waals surface area (Å²) in [5.74, 6) is 0.434. The monoisotopic (exact) mass is 234 g/mol. The third-order valence-electron chi connectivity index (χ3n) is 3.04. The van der Waals surface area contributed by atoms with Crippen LogP contribution >= 0.6 is 0 Å². The van der Waals surface area contributed by atoms with Crippen LogP contribution in [0, 0.1) is 16.0 Å². The summed E-state index contributed by atoms with van der Waals surface area (Å²) < 4.78 is 0. The van der Waals surface area contributed by atoms with Crippen molar-refractivity contribution in [2.75, 3.05) is 5.32 Å². The second kappa shape index (κ2) is 4.95.